The molecule has 1 aromatic carbocycles. The number of rotatable bonds is 8. The summed E-state index contributed by atoms with van der Waals surface area (Å²) in [5.41, 5.74) is 3.37. The number of pyridine rings is 1. The van der Waals surface area contributed by atoms with Gasteiger partial charge in [0.15, 0.2) is 0 Å². The molecule has 6 heteroatoms. The number of nitrogens with one attached hydrogen (secondary N) is 1. The topological polar surface area (TPSA) is 69.3 Å². The van der Waals surface area contributed by atoms with Crippen LogP contribution in [0.1, 0.15) is 18.1 Å². The molecule has 2 amide bonds. The lowest BCUT2D eigenvalue weighted by Crippen LogP contribution is -2.42. The highest BCUT2D eigenvalue weighted by molar-refractivity contribution is 5.84. The minimum Gasteiger partial charge on any atom is -0.361 e. The number of hydrogen-bond acceptors (Lipinski definition) is 3. The van der Waals surface area contributed by atoms with Crippen LogP contribution in [-0.4, -0.2) is 58.3 Å². The van der Waals surface area contributed by atoms with Gasteiger partial charge in [0.2, 0.25) is 11.8 Å². The van der Waals surface area contributed by atoms with E-state index in [9.17, 15) is 9.59 Å². The maximum Gasteiger partial charge on any atom is 0.241 e. The summed E-state index contributed by atoms with van der Waals surface area (Å²) >= 11 is 0. The molecule has 0 fully saturated rings. The van der Waals surface area contributed by atoms with Crippen molar-refractivity contribution >= 4 is 22.7 Å². The summed E-state index contributed by atoms with van der Waals surface area (Å²) in [5.74, 6) is -0.140. The fourth-order valence-corrected chi connectivity index (χ4v) is 3.20. The molecule has 0 aliphatic heterocycles. The molecule has 0 spiro atoms. The molecule has 2 aromatic heterocycles. The first-order chi connectivity index (χ1) is 13.5. The summed E-state index contributed by atoms with van der Waals surface area (Å²) in [5, 5.41) is 1.16. The van der Waals surface area contributed by atoms with Gasteiger partial charge in [-0.1, -0.05) is 18.2 Å². The molecule has 146 valence electrons. The van der Waals surface area contributed by atoms with Crippen molar-refractivity contribution in [3.63, 3.8) is 0 Å². The molecule has 0 saturated heterocycles. The molecule has 6 nitrogen and oxygen atoms in total. The zero-order valence-corrected chi connectivity index (χ0v) is 16.4. The third kappa shape index (κ3) is 4.97. The molecular formula is C22H26N4O2. The number of carbonyl (C=O) groups excluding carboxylic acids is 2. The second kappa shape index (κ2) is 9.17. The van der Waals surface area contributed by atoms with Gasteiger partial charge in [0.1, 0.15) is 0 Å². The van der Waals surface area contributed by atoms with Crippen molar-refractivity contribution < 1.29 is 9.59 Å². The highest BCUT2D eigenvalue weighted by Crippen LogP contribution is 2.18. The standard InChI is InChI=1S/C22H26N4O2/c1-17(27)26(14-10-19-15-24-21-6-4-3-5-20(19)21)16-22(28)25(2)13-9-18-7-11-23-12-8-18/h3-8,11-12,15,24H,9-10,13-14,16H2,1-2H3. The van der Waals surface area contributed by atoms with E-state index in [0.29, 0.717) is 19.5 Å². The summed E-state index contributed by atoms with van der Waals surface area (Å²) in [6.45, 7) is 2.74. The van der Waals surface area contributed by atoms with E-state index in [1.807, 2.05) is 36.5 Å². The Hall–Kier alpha value is -3.15. The van der Waals surface area contributed by atoms with Gasteiger partial charge in [0, 0.05) is 56.6 Å². The molecule has 0 aliphatic rings. The molecule has 0 aliphatic carbocycles. The Morgan fingerprint density at radius 2 is 1.79 bits per heavy atom. The summed E-state index contributed by atoms with van der Waals surface area (Å²) in [4.78, 5) is 35.2. The smallest absolute Gasteiger partial charge is 0.241 e. The number of aromatic nitrogens is 2. The Labute approximate surface area is 165 Å². The van der Waals surface area contributed by atoms with Crippen molar-refractivity contribution in [3.8, 4) is 0 Å². The van der Waals surface area contributed by atoms with E-state index >= 15 is 0 Å². The van der Waals surface area contributed by atoms with Crippen molar-refractivity contribution in [1.29, 1.82) is 0 Å². The highest BCUT2D eigenvalue weighted by Gasteiger charge is 2.17. The average molecular weight is 378 g/mol. The van der Waals surface area contributed by atoms with Crippen molar-refractivity contribution in [2.24, 2.45) is 0 Å². The largest absolute Gasteiger partial charge is 0.361 e. The summed E-state index contributed by atoms with van der Waals surface area (Å²) in [7, 11) is 1.78. The van der Waals surface area contributed by atoms with Crippen molar-refractivity contribution in [2.45, 2.75) is 19.8 Å². The minimum atomic E-state index is -0.0873. The summed E-state index contributed by atoms with van der Waals surface area (Å²) < 4.78 is 0. The van der Waals surface area contributed by atoms with Crippen LogP contribution in [0.2, 0.25) is 0 Å². The van der Waals surface area contributed by atoms with Crippen LogP contribution in [0.25, 0.3) is 10.9 Å². The molecule has 3 rings (SSSR count). The van der Waals surface area contributed by atoms with Crippen LogP contribution in [0.15, 0.2) is 55.0 Å². The normalized spacial score (nSPS) is 10.8. The molecule has 0 radical (unpaired) electrons. The van der Waals surface area contributed by atoms with E-state index < -0.39 is 0 Å². The highest BCUT2D eigenvalue weighted by atomic mass is 16.2. The number of H-pyrrole nitrogens is 1. The Kier molecular flexibility index (Phi) is 6.42. The van der Waals surface area contributed by atoms with Gasteiger partial charge in [0.05, 0.1) is 6.54 Å². The van der Waals surface area contributed by atoms with Crippen LogP contribution in [0.3, 0.4) is 0 Å². The zero-order valence-electron chi connectivity index (χ0n) is 16.4. The maximum atomic E-state index is 12.6. The number of carbonyl (C=O) groups is 2. The molecule has 3 aromatic rings. The number of amides is 2. The van der Waals surface area contributed by atoms with Gasteiger partial charge in [-0.25, -0.2) is 0 Å². The molecule has 1 N–H and O–H groups in total. The molecular weight excluding hydrogens is 352 g/mol. The summed E-state index contributed by atoms with van der Waals surface area (Å²) in [6, 6.07) is 12.0. The molecule has 2 heterocycles. The first kappa shape index (κ1) is 19.6. The SMILES string of the molecule is CC(=O)N(CCc1c[nH]c2ccccc12)CC(=O)N(C)CCc1ccncc1. The Morgan fingerprint density at radius 3 is 2.54 bits per heavy atom. The van der Waals surface area contributed by atoms with Gasteiger partial charge in [-0.05, 0) is 42.2 Å². The molecule has 28 heavy (non-hydrogen) atoms. The van der Waals surface area contributed by atoms with Crippen molar-refractivity contribution in [3.05, 3.63) is 66.1 Å². The molecule has 0 unspecified atom stereocenters. The number of likely N-dealkylation sites (N-methyl/N-ethyl adjacent to an activating group) is 1. The molecule has 0 atom stereocenters. The van der Waals surface area contributed by atoms with Crippen LogP contribution in [0.4, 0.5) is 0 Å². The quantitative estimate of drug-likeness (QED) is 0.655. The van der Waals surface area contributed by atoms with E-state index in [1.54, 1.807) is 29.2 Å². The second-order valence-electron chi connectivity index (χ2n) is 6.97. The van der Waals surface area contributed by atoms with Crippen LogP contribution in [-0.2, 0) is 22.4 Å². The monoisotopic (exact) mass is 378 g/mol. The Bertz CT molecular complexity index is 936. The third-order valence-corrected chi connectivity index (χ3v) is 5.01. The number of nitrogens with zero attached hydrogens (tertiary/aromatic N) is 3. The van der Waals surface area contributed by atoms with Gasteiger partial charge in [-0.15, -0.1) is 0 Å². The molecule has 0 bridgehead atoms. The minimum absolute atomic E-state index is 0.0526. The Balaban J connectivity index is 1.54. The number of para-hydroxylation sites is 1. The van der Waals surface area contributed by atoms with Gasteiger partial charge in [0.25, 0.3) is 0 Å². The van der Waals surface area contributed by atoms with Crippen LogP contribution < -0.4 is 0 Å². The van der Waals surface area contributed by atoms with Crippen molar-refractivity contribution in [2.75, 3.05) is 26.7 Å². The van der Waals surface area contributed by atoms with Crippen molar-refractivity contribution in [1.82, 2.24) is 19.8 Å². The van der Waals surface area contributed by atoms with E-state index in [0.717, 1.165) is 28.5 Å². The van der Waals surface area contributed by atoms with E-state index in [2.05, 4.69) is 16.0 Å². The first-order valence-corrected chi connectivity index (χ1v) is 9.48. The lowest BCUT2D eigenvalue weighted by Gasteiger charge is -2.24. The number of benzene rings is 1. The lowest BCUT2D eigenvalue weighted by molar-refractivity contribution is -0.138. The van der Waals surface area contributed by atoms with E-state index in [-0.39, 0.29) is 18.4 Å². The van der Waals surface area contributed by atoms with Gasteiger partial charge >= 0.3 is 0 Å². The average Bonchev–Trinajstić information content (AvgIpc) is 3.12. The number of aromatic amines is 1. The van der Waals surface area contributed by atoms with E-state index in [1.165, 1.54) is 6.92 Å². The van der Waals surface area contributed by atoms with Crippen LogP contribution in [0.5, 0.6) is 0 Å². The first-order valence-electron chi connectivity index (χ1n) is 9.48. The maximum absolute atomic E-state index is 12.6. The fraction of sp³-hybridized carbons (Fsp3) is 0.318. The zero-order chi connectivity index (χ0) is 19.9. The van der Waals surface area contributed by atoms with Gasteiger partial charge < -0.3 is 14.8 Å². The van der Waals surface area contributed by atoms with Crippen LogP contribution in [0, 0.1) is 0 Å². The third-order valence-electron chi connectivity index (χ3n) is 5.01. The predicted molar refractivity (Wildman–Crippen MR) is 110 cm³/mol. The molecule has 0 saturated carbocycles. The fourth-order valence-electron chi connectivity index (χ4n) is 3.20. The van der Waals surface area contributed by atoms with E-state index in [4.69, 9.17) is 0 Å². The number of fused-ring (bicyclic) bond motifs is 1. The second-order valence-corrected chi connectivity index (χ2v) is 6.97. The Morgan fingerprint density at radius 1 is 1.04 bits per heavy atom. The van der Waals surface area contributed by atoms with Gasteiger partial charge in [-0.3, -0.25) is 14.6 Å². The number of hydrogen-bond donors (Lipinski definition) is 1. The predicted octanol–water partition coefficient (Wildman–Crippen LogP) is 2.66. The van der Waals surface area contributed by atoms with Crippen LogP contribution >= 0.6 is 0 Å². The summed E-state index contributed by atoms with van der Waals surface area (Å²) in [6.07, 6.45) is 6.95. The lowest BCUT2D eigenvalue weighted by atomic mass is 10.1. The van der Waals surface area contributed by atoms with Gasteiger partial charge in [-0.2, -0.15) is 0 Å².